The van der Waals surface area contributed by atoms with Gasteiger partial charge in [0, 0.05) is 24.7 Å². The molecule has 1 aliphatic rings. The highest BCUT2D eigenvalue weighted by Gasteiger charge is 2.33. The molecule has 1 aromatic heterocycles. The topological polar surface area (TPSA) is 66.5 Å². The zero-order valence-corrected chi connectivity index (χ0v) is 15.9. The minimum absolute atomic E-state index is 0.119. The predicted octanol–water partition coefficient (Wildman–Crippen LogP) is 3.12. The van der Waals surface area contributed by atoms with Crippen LogP contribution in [0.4, 0.5) is 0 Å². The van der Waals surface area contributed by atoms with Gasteiger partial charge in [-0.25, -0.2) is 8.42 Å². The third-order valence-corrected chi connectivity index (χ3v) is 7.67. The lowest BCUT2D eigenvalue weighted by Gasteiger charge is -2.30. The van der Waals surface area contributed by atoms with E-state index in [9.17, 15) is 13.2 Å². The first-order chi connectivity index (χ1) is 12.0. The van der Waals surface area contributed by atoms with Crippen LogP contribution in [-0.2, 0) is 21.4 Å². The normalized spacial score (nSPS) is 18.8. The van der Waals surface area contributed by atoms with Crippen molar-refractivity contribution in [2.75, 3.05) is 13.1 Å². The first kappa shape index (κ1) is 18.4. The summed E-state index contributed by atoms with van der Waals surface area (Å²) in [6.07, 6.45) is 1.37. The number of thiophene rings is 1. The summed E-state index contributed by atoms with van der Waals surface area (Å²) in [5, 5.41) is 5.25. The molecule has 0 bridgehead atoms. The van der Waals surface area contributed by atoms with Crippen molar-refractivity contribution in [2.45, 2.75) is 23.6 Å². The molecular formula is C17H19ClN2O3S2. The molecule has 1 aromatic carbocycles. The molecule has 134 valence electrons. The zero-order valence-electron chi connectivity index (χ0n) is 13.5. The van der Waals surface area contributed by atoms with Crippen LogP contribution in [-0.4, -0.2) is 31.7 Å². The van der Waals surface area contributed by atoms with Crippen LogP contribution >= 0.6 is 22.9 Å². The summed E-state index contributed by atoms with van der Waals surface area (Å²) < 4.78 is 27.0. The van der Waals surface area contributed by atoms with Crippen molar-refractivity contribution in [3.8, 4) is 0 Å². The van der Waals surface area contributed by atoms with E-state index in [1.54, 1.807) is 29.6 Å². The minimum Gasteiger partial charge on any atom is -0.352 e. The molecule has 0 spiro atoms. The van der Waals surface area contributed by atoms with E-state index in [1.165, 1.54) is 15.6 Å². The fourth-order valence-electron chi connectivity index (χ4n) is 2.89. The van der Waals surface area contributed by atoms with Crippen LogP contribution in [0.25, 0.3) is 0 Å². The molecule has 8 heteroatoms. The van der Waals surface area contributed by atoms with Crippen molar-refractivity contribution in [3.63, 3.8) is 0 Å². The van der Waals surface area contributed by atoms with Gasteiger partial charge in [0.05, 0.1) is 5.92 Å². The Balaban J connectivity index is 1.62. The van der Waals surface area contributed by atoms with Gasteiger partial charge in [0.25, 0.3) is 10.0 Å². The molecule has 1 N–H and O–H groups in total. The number of nitrogens with zero attached hydrogens (tertiary/aromatic N) is 1. The van der Waals surface area contributed by atoms with Crippen LogP contribution in [0, 0.1) is 5.92 Å². The molecule has 0 aliphatic carbocycles. The van der Waals surface area contributed by atoms with E-state index in [4.69, 9.17) is 11.6 Å². The first-order valence-electron chi connectivity index (χ1n) is 8.02. The number of sulfonamides is 1. The fraction of sp³-hybridized carbons (Fsp3) is 0.353. The largest absolute Gasteiger partial charge is 0.352 e. The van der Waals surface area contributed by atoms with E-state index in [1.807, 2.05) is 12.1 Å². The maximum absolute atomic E-state index is 12.6. The molecule has 2 aromatic rings. The van der Waals surface area contributed by atoms with Gasteiger partial charge in [-0.15, -0.1) is 11.3 Å². The Bertz CT molecular complexity index is 837. The number of piperidine rings is 1. The summed E-state index contributed by atoms with van der Waals surface area (Å²) in [6.45, 7) is 1.06. The quantitative estimate of drug-likeness (QED) is 0.841. The van der Waals surface area contributed by atoms with Crippen LogP contribution in [0.1, 0.15) is 18.4 Å². The summed E-state index contributed by atoms with van der Waals surface area (Å²) >= 11 is 7.14. The van der Waals surface area contributed by atoms with Crippen molar-refractivity contribution in [2.24, 2.45) is 5.92 Å². The van der Waals surface area contributed by atoms with Gasteiger partial charge in [0.15, 0.2) is 0 Å². The van der Waals surface area contributed by atoms with Crippen molar-refractivity contribution < 1.29 is 13.2 Å². The number of halogens is 1. The molecule has 1 saturated heterocycles. The monoisotopic (exact) mass is 398 g/mol. The van der Waals surface area contributed by atoms with Crippen molar-refractivity contribution in [3.05, 3.63) is 52.4 Å². The molecule has 0 unspecified atom stereocenters. The van der Waals surface area contributed by atoms with Crippen molar-refractivity contribution in [1.82, 2.24) is 9.62 Å². The summed E-state index contributed by atoms with van der Waals surface area (Å²) in [5.41, 5.74) is 0.916. The standard InChI is InChI=1S/C17H19ClN2O3S2/c18-15-6-1-4-13(10-15)11-19-17(21)14-5-2-8-20(12-14)25(22,23)16-7-3-9-24-16/h1,3-4,6-7,9-10,14H,2,5,8,11-12H2,(H,19,21)/t14-/m1/s1. The second kappa shape index (κ2) is 7.86. The molecule has 2 heterocycles. The third-order valence-electron chi connectivity index (χ3n) is 4.20. The lowest BCUT2D eigenvalue weighted by atomic mass is 9.99. The number of hydrogen-bond donors (Lipinski definition) is 1. The van der Waals surface area contributed by atoms with Gasteiger partial charge >= 0.3 is 0 Å². The Hall–Kier alpha value is -1.41. The molecule has 1 atom stereocenters. The van der Waals surface area contributed by atoms with Gasteiger partial charge in [-0.3, -0.25) is 4.79 Å². The highest BCUT2D eigenvalue weighted by Crippen LogP contribution is 2.26. The molecule has 1 fully saturated rings. The number of hydrogen-bond acceptors (Lipinski definition) is 4. The number of amides is 1. The van der Waals surface area contributed by atoms with Gasteiger partial charge < -0.3 is 5.32 Å². The Morgan fingerprint density at radius 1 is 1.32 bits per heavy atom. The second-order valence-corrected chi connectivity index (χ2v) is 9.53. The number of carbonyl (C=O) groups is 1. The molecular weight excluding hydrogens is 380 g/mol. The van der Waals surface area contributed by atoms with Crippen LogP contribution in [0.15, 0.2) is 46.0 Å². The SMILES string of the molecule is O=C(NCc1cccc(Cl)c1)[C@@H]1CCCN(S(=O)(=O)c2cccs2)C1. The van der Waals surface area contributed by atoms with Crippen molar-refractivity contribution in [1.29, 1.82) is 0 Å². The number of carbonyl (C=O) groups excluding carboxylic acids is 1. The lowest BCUT2D eigenvalue weighted by molar-refractivity contribution is -0.126. The van der Waals surface area contributed by atoms with Crippen LogP contribution in [0.5, 0.6) is 0 Å². The number of rotatable bonds is 5. The predicted molar refractivity (Wildman–Crippen MR) is 99.1 cm³/mol. The first-order valence-corrected chi connectivity index (χ1v) is 10.7. The van der Waals surface area contributed by atoms with E-state index in [-0.39, 0.29) is 18.4 Å². The van der Waals surface area contributed by atoms with E-state index in [2.05, 4.69) is 5.32 Å². The zero-order chi connectivity index (χ0) is 17.9. The molecule has 3 rings (SSSR count). The van der Waals surface area contributed by atoms with E-state index < -0.39 is 10.0 Å². The van der Waals surface area contributed by atoms with Gasteiger partial charge in [-0.05, 0) is 42.0 Å². The Morgan fingerprint density at radius 3 is 2.88 bits per heavy atom. The van der Waals surface area contributed by atoms with Gasteiger partial charge in [-0.1, -0.05) is 29.8 Å². The van der Waals surface area contributed by atoms with Crippen LogP contribution in [0.2, 0.25) is 5.02 Å². The lowest BCUT2D eigenvalue weighted by Crippen LogP contribution is -2.45. The summed E-state index contributed by atoms with van der Waals surface area (Å²) in [7, 11) is -3.50. The van der Waals surface area contributed by atoms with E-state index in [0.717, 1.165) is 5.56 Å². The molecule has 0 saturated carbocycles. The summed E-state index contributed by atoms with van der Waals surface area (Å²) in [4.78, 5) is 12.5. The second-order valence-electron chi connectivity index (χ2n) is 5.98. The average Bonchev–Trinajstić information content (AvgIpc) is 3.15. The number of nitrogens with one attached hydrogen (secondary N) is 1. The van der Waals surface area contributed by atoms with Crippen LogP contribution in [0.3, 0.4) is 0 Å². The summed E-state index contributed by atoms with van der Waals surface area (Å²) in [6, 6.07) is 10.6. The Labute approximate surface area is 156 Å². The minimum atomic E-state index is -3.50. The highest BCUT2D eigenvalue weighted by atomic mass is 35.5. The highest BCUT2D eigenvalue weighted by molar-refractivity contribution is 7.91. The summed E-state index contributed by atoms with van der Waals surface area (Å²) in [5.74, 6) is -0.450. The Morgan fingerprint density at radius 2 is 2.16 bits per heavy atom. The van der Waals surface area contributed by atoms with Gasteiger partial charge in [-0.2, -0.15) is 4.31 Å². The maximum Gasteiger partial charge on any atom is 0.252 e. The Kier molecular flexibility index (Phi) is 5.78. The smallest absolute Gasteiger partial charge is 0.252 e. The number of benzene rings is 1. The maximum atomic E-state index is 12.6. The van der Waals surface area contributed by atoms with E-state index in [0.29, 0.717) is 35.2 Å². The van der Waals surface area contributed by atoms with Crippen LogP contribution < -0.4 is 5.32 Å². The molecule has 1 amide bonds. The molecule has 5 nitrogen and oxygen atoms in total. The molecule has 0 radical (unpaired) electrons. The third kappa shape index (κ3) is 4.41. The van der Waals surface area contributed by atoms with Gasteiger partial charge in [0.1, 0.15) is 4.21 Å². The fourth-order valence-corrected chi connectivity index (χ4v) is 5.77. The molecule has 1 aliphatic heterocycles. The average molecular weight is 399 g/mol. The van der Waals surface area contributed by atoms with E-state index >= 15 is 0 Å². The van der Waals surface area contributed by atoms with Crippen molar-refractivity contribution >= 4 is 38.9 Å². The molecule has 25 heavy (non-hydrogen) atoms. The van der Waals surface area contributed by atoms with Gasteiger partial charge in [0.2, 0.25) is 5.91 Å².